The third-order valence-corrected chi connectivity index (χ3v) is 3.51. The second-order valence-corrected chi connectivity index (χ2v) is 5.16. The predicted molar refractivity (Wildman–Crippen MR) is 82.7 cm³/mol. The number of aromatic amines is 1. The molecule has 1 aromatic heterocycles. The first-order valence-corrected chi connectivity index (χ1v) is 6.96. The van der Waals surface area contributed by atoms with Gasteiger partial charge in [-0.15, -0.1) is 0 Å². The maximum atomic E-state index is 12.1. The van der Waals surface area contributed by atoms with Crippen molar-refractivity contribution in [3.8, 4) is 5.75 Å². The molecule has 1 amide bonds. The van der Waals surface area contributed by atoms with Gasteiger partial charge in [0.05, 0.1) is 18.5 Å². The van der Waals surface area contributed by atoms with Crippen molar-refractivity contribution in [1.82, 2.24) is 10.2 Å². The van der Waals surface area contributed by atoms with Crippen LogP contribution in [0, 0.1) is 20.8 Å². The van der Waals surface area contributed by atoms with Crippen LogP contribution < -0.4 is 10.1 Å². The summed E-state index contributed by atoms with van der Waals surface area (Å²) in [5.74, 6) is 0.642. The highest BCUT2D eigenvalue weighted by Crippen LogP contribution is 2.25. The number of nitrogens with one attached hydrogen (secondary N) is 2. The van der Waals surface area contributed by atoms with E-state index >= 15 is 0 Å². The fraction of sp³-hybridized carbons (Fsp3) is 0.375. The summed E-state index contributed by atoms with van der Waals surface area (Å²) in [6.45, 7) is 5.89. The quantitative estimate of drug-likeness (QED) is 0.888. The van der Waals surface area contributed by atoms with Crippen molar-refractivity contribution in [2.75, 3.05) is 12.4 Å². The fourth-order valence-electron chi connectivity index (χ4n) is 2.31. The number of carbonyl (C=O) groups is 1. The Hall–Kier alpha value is -2.30. The number of rotatable bonds is 5. The molecule has 2 N–H and O–H groups in total. The Balaban J connectivity index is 2.01. The lowest BCUT2D eigenvalue weighted by Crippen LogP contribution is -2.13. The molecule has 0 saturated carbocycles. The number of methoxy groups -OCH3 is 1. The van der Waals surface area contributed by atoms with Gasteiger partial charge in [-0.05, 0) is 50.5 Å². The number of aromatic nitrogens is 2. The molecule has 0 aliphatic carbocycles. The van der Waals surface area contributed by atoms with Crippen molar-refractivity contribution in [1.29, 1.82) is 0 Å². The van der Waals surface area contributed by atoms with E-state index in [1.807, 2.05) is 39.0 Å². The normalized spacial score (nSPS) is 10.5. The molecular weight excluding hydrogens is 266 g/mol. The molecule has 1 heterocycles. The molecule has 5 nitrogen and oxygen atoms in total. The zero-order valence-electron chi connectivity index (χ0n) is 12.9. The number of aryl methyl sites for hydroxylation is 3. The summed E-state index contributed by atoms with van der Waals surface area (Å²) < 4.78 is 5.26. The summed E-state index contributed by atoms with van der Waals surface area (Å²) in [5, 5.41) is 9.98. The van der Waals surface area contributed by atoms with Crippen LogP contribution in [-0.2, 0) is 11.2 Å². The maximum absolute atomic E-state index is 12.1. The molecule has 0 unspecified atom stereocenters. The van der Waals surface area contributed by atoms with Gasteiger partial charge >= 0.3 is 0 Å². The minimum atomic E-state index is -0.0288. The number of nitrogens with zero attached hydrogens (tertiary/aromatic N) is 1. The van der Waals surface area contributed by atoms with E-state index in [-0.39, 0.29) is 5.91 Å². The molecule has 0 bridgehead atoms. The van der Waals surface area contributed by atoms with Crippen molar-refractivity contribution in [3.05, 3.63) is 40.7 Å². The molecule has 2 rings (SSSR count). The summed E-state index contributed by atoms with van der Waals surface area (Å²) in [5.41, 5.74) is 4.87. The molecule has 0 radical (unpaired) electrons. The van der Waals surface area contributed by atoms with E-state index in [2.05, 4.69) is 15.5 Å². The maximum Gasteiger partial charge on any atom is 0.224 e. The van der Waals surface area contributed by atoms with E-state index in [0.29, 0.717) is 24.3 Å². The Morgan fingerprint density at radius 1 is 1.33 bits per heavy atom. The van der Waals surface area contributed by atoms with E-state index < -0.39 is 0 Å². The Morgan fingerprint density at radius 2 is 2.10 bits per heavy atom. The lowest BCUT2D eigenvalue weighted by Gasteiger charge is -2.11. The number of hydrogen-bond acceptors (Lipinski definition) is 3. The number of anilines is 1. The first kappa shape index (κ1) is 15.1. The highest BCUT2D eigenvalue weighted by molar-refractivity contribution is 5.92. The third kappa shape index (κ3) is 3.62. The van der Waals surface area contributed by atoms with Gasteiger partial charge in [0.2, 0.25) is 5.91 Å². The van der Waals surface area contributed by atoms with Crippen molar-refractivity contribution < 1.29 is 9.53 Å². The standard InChI is InChI=1S/C16H21N3O2/c1-10-5-7-15(21-4)14(9-10)17-16(20)8-6-13-11(2)18-19-12(13)3/h5,7,9H,6,8H2,1-4H3,(H,17,20)(H,18,19). The number of amides is 1. The van der Waals surface area contributed by atoms with Gasteiger partial charge in [0.25, 0.3) is 0 Å². The SMILES string of the molecule is COc1ccc(C)cc1NC(=O)CCc1c(C)n[nH]c1C. The fourth-order valence-corrected chi connectivity index (χ4v) is 2.31. The minimum absolute atomic E-state index is 0.0288. The number of ether oxygens (including phenoxy) is 1. The van der Waals surface area contributed by atoms with Gasteiger partial charge in [-0.3, -0.25) is 9.89 Å². The van der Waals surface area contributed by atoms with E-state index in [1.54, 1.807) is 7.11 Å². The number of hydrogen-bond donors (Lipinski definition) is 2. The second kappa shape index (κ2) is 6.43. The molecular formula is C16H21N3O2. The van der Waals surface area contributed by atoms with Gasteiger partial charge in [-0.25, -0.2) is 0 Å². The average Bonchev–Trinajstić information content (AvgIpc) is 2.76. The molecule has 2 aromatic rings. The van der Waals surface area contributed by atoms with Gasteiger partial charge in [-0.2, -0.15) is 5.10 Å². The lowest BCUT2D eigenvalue weighted by atomic mass is 10.1. The molecule has 112 valence electrons. The van der Waals surface area contributed by atoms with Crippen LogP contribution in [0.5, 0.6) is 5.75 Å². The number of benzene rings is 1. The zero-order valence-corrected chi connectivity index (χ0v) is 12.9. The first-order valence-electron chi connectivity index (χ1n) is 6.96. The monoisotopic (exact) mass is 287 g/mol. The second-order valence-electron chi connectivity index (χ2n) is 5.16. The molecule has 0 atom stereocenters. The van der Waals surface area contributed by atoms with Gasteiger partial charge in [-0.1, -0.05) is 6.07 Å². The van der Waals surface area contributed by atoms with E-state index in [4.69, 9.17) is 4.74 Å². The Labute approximate surface area is 124 Å². The van der Waals surface area contributed by atoms with Crippen LogP contribution in [0.2, 0.25) is 0 Å². The Bertz CT molecular complexity index is 627. The summed E-state index contributed by atoms with van der Waals surface area (Å²) in [6.07, 6.45) is 1.09. The summed E-state index contributed by atoms with van der Waals surface area (Å²) in [6, 6.07) is 5.72. The van der Waals surface area contributed by atoms with Crippen LogP contribution in [0.3, 0.4) is 0 Å². The largest absolute Gasteiger partial charge is 0.495 e. The van der Waals surface area contributed by atoms with Crippen LogP contribution in [0.1, 0.15) is 28.9 Å². The van der Waals surface area contributed by atoms with Gasteiger partial charge in [0, 0.05) is 12.1 Å². The number of H-pyrrole nitrogens is 1. The smallest absolute Gasteiger partial charge is 0.224 e. The van der Waals surface area contributed by atoms with E-state index in [0.717, 1.165) is 22.5 Å². The van der Waals surface area contributed by atoms with E-state index in [1.165, 1.54) is 0 Å². The number of carbonyl (C=O) groups excluding carboxylic acids is 1. The van der Waals surface area contributed by atoms with Crippen LogP contribution >= 0.6 is 0 Å². The van der Waals surface area contributed by atoms with Gasteiger partial charge in [0.1, 0.15) is 5.75 Å². The molecule has 0 saturated heterocycles. The first-order chi connectivity index (χ1) is 10.0. The summed E-state index contributed by atoms with van der Waals surface area (Å²) >= 11 is 0. The topological polar surface area (TPSA) is 67.0 Å². The molecule has 1 aromatic carbocycles. The van der Waals surface area contributed by atoms with Crippen LogP contribution in [-0.4, -0.2) is 23.2 Å². The molecule has 0 fully saturated rings. The van der Waals surface area contributed by atoms with E-state index in [9.17, 15) is 4.79 Å². The molecule has 0 aliphatic rings. The molecule has 0 aliphatic heterocycles. The predicted octanol–water partition coefficient (Wildman–Crippen LogP) is 2.91. The summed E-state index contributed by atoms with van der Waals surface area (Å²) in [4.78, 5) is 12.1. The van der Waals surface area contributed by atoms with Gasteiger partial charge in [0.15, 0.2) is 0 Å². The molecule has 0 spiro atoms. The van der Waals surface area contributed by atoms with Crippen LogP contribution in [0.25, 0.3) is 0 Å². The highest BCUT2D eigenvalue weighted by Gasteiger charge is 2.11. The van der Waals surface area contributed by atoms with Crippen LogP contribution in [0.4, 0.5) is 5.69 Å². The zero-order chi connectivity index (χ0) is 15.4. The van der Waals surface area contributed by atoms with Crippen molar-refractivity contribution in [2.24, 2.45) is 0 Å². The van der Waals surface area contributed by atoms with Gasteiger partial charge < -0.3 is 10.1 Å². The molecule has 21 heavy (non-hydrogen) atoms. The van der Waals surface area contributed by atoms with Crippen molar-refractivity contribution in [2.45, 2.75) is 33.6 Å². The summed E-state index contributed by atoms with van der Waals surface area (Å²) in [7, 11) is 1.60. The average molecular weight is 287 g/mol. The molecule has 5 heteroatoms. The minimum Gasteiger partial charge on any atom is -0.495 e. The highest BCUT2D eigenvalue weighted by atomic mass is 16.5. The Kier molecular flexibility index (Phi) is 4.62. The van der Waals surface area contributed by atoms with Crippen molar-refractivity contribution in [3.63, 3.8) is 0 Å². The van der Waals surface area contributed by atoms with Crippen molar-refractivity contribution >= 4 is 11.6 Å². The lowest BCUT2D eigenvalue weighted by molar-refractivity contribution is -0.116. The Morgan fingerprint density at radius 3 is 2.71 bits per heavy atom. The van der Waals surface area contributed by atoms with Crippen LogP contribution in [0.15, 0.2) is 18.2 Å². The third-order valence-electron chi connectivity index (χ3n) is 3.51.